The van der Waals surface area contributed by atoms with Crippen LogP contribution in [-0.4, -0.2) is 50.4 Å². The Balaban J connectivity index is 1.91. The predicted molar refractivity (Wildman–Crippen MR) is 119 cm³/mol. The molecule has 0 spiro atoms. The highest BCUT2D eigenvalue weighted by Crippen LogP contribution is 2.26. The zero-order valence-electron chi connectivity index (χ0n) is 18.0. The van der Waals surface area contributed by atoms with Crippen molar-refractivity contribution in [1.82, 2.24) is 4.90 Å². The number of nitrogens with zero attached hydrogens (tertiary/aromatic N) is 1. The van der Waals surface area contributed by atoms with E-state index in [9.17, 15) is 18.0 Å². The highest BCUT2D eigenvalue weighted by molar-refractivity contribution is 7.92. The molecule has 166 valence electrons. The smallest absolute Gasteiger partial charge is 0.262 e. The number of anilines is 2. The third-order valence-electron chi connectivity index (χ3n) is 4.91. The Bertz CT molecular complexity index is 1090. The lowest BCUT2D eigenvalue weighted by atomic mass is 10.1. The lowest BCUT2D eigenvalue weighted by molar-refractivity contribution is -0.114. The van der Waals surface area contributed by atoms with E-state index in [1.165, 1.54) is 13.0 Å². The molecule has 2 aromatic rings. The molecule has 0 saturated carbocycles. The van der Waals surface area contributed by atoms with E-state index >= 15 is 0 Å². The molecular weight excluding hydrogens is 418 g/mol. The van der Waals surface area contributed by atoms with Crippen LogP contribution in [0.1, 0.15) is 36.7 Å². The minimum Gasteiger partial charge on any atom is -0.372 e. The molecule has 1 aliphatic heterocycles. The molecule has 2 amide bonds. The van der Waals surface area contributed by atoms with Gasteiger partial charge in [0.05, 0.1) is 28.4 Å². The van der Waals surface area contributed by atoms with Gasteiger partial charge in [0, 0.05) is 25.7 Å². The van der Waals surface area contributed by atoms with Gasteiger partial charge < -0.3 is 15.0 Å². The van der Waals surface area contributed by atoms with Gasteiger partial charge in [0.15, 0.2) is 0 Å². The summed E-state index contributed by atoms with van der Waals surface area (Å²) in [7, 11) is -4.01. The van der Waals surface area contributed by atoms with Crippen molar-refractivity contribution in [2.24, 2.45) is 0 Å². The van der Waals surface area contributed by atoms with Crippen LogP contribution in [0.25, 0.3) is 0 Å². The molecule has 3 rings (SSSR count). The van der Waals surface area contributed by atoms with Gasteiger partial charge in [-0.25, -0.2) is 8.42 Å². The maximum absolute atomic E-state index is 13.2. The first-order valence-electron chi connectivity index (χ1n) is 10.0. The summed E-state index contributed by atoms with van der Waals surface area (Å²) in [6.07, 6.45) is -0.202. The van der Waals surface area contributed by atoms with Gasteiger partial charge in [0.2, 0.25) is 5.91 Å². The van der Waals surface area contributed by atoms with Crippen LogP contribution in [0.3, 0.4) is 0 Å². The van der Waals surface area contributed by atoms with Gasteiger partial charge in [0.1, 0.15) is 0 Å². The van der Waals surface area contributed by atoms with E-state index < -0.39 is 10.0 Å². The van der Waals surface area contributed by atoms with Crippen molar-refractivity contribution in [1.29, 1.82) is 0 Å². The van der Waals surface area contributed by atoms with E-state index in [4.69, 9.17) is 4.74 Å². The number of hydrogen-bond donors (Lipinski definition) is 2. The Morgan fingerprint density at radius 1 is 1.06 bits per heavy atom. The number of rotatable bonds is 5. The molecule has 1 fully saturated rings. The van der Waals surface area contributed by atoms with Crippen LogP contribution in [0.15, 0.2) is 47.4 Å². The number of aryl methyl sites for hydroxylation is 1. The second-order valence-corrected chi connectivity index (χ2v) is 9.43. The molecule has 1 saturated heterocycles. The molecular formula is C22H27N3O5S. The van der Waals surface area contributed by atoms with Crippen LogP contribution >= 0.6 is 0 Å². The van der Waals surface area contributed by atoms with E-state index in [-0.39, 0.29) is 40.2 Å². The van der Waals surface area contributed by atoms with E-state index in [1.54, 1.807) is 48.2 Å². The second-order valence-electron chi connectivity index (χ2n) is 7.78. The quantitative estimate of drug-likeness (QED) is 0.736. The predicted octanol–water partition coefficient (Wildman–Crippen LogP) is 3.00. The molecule has 0 radical (unpaired) electrons. The molecule has 2 aromatic carbocycles. The number of hydrogen-bond acceptors (Lipinski definition) is 5. The van der Waals surface area contributed by atoms with Crippen molar-refractivity contribution in [2.75, 3.05) is 23.1 Å². The fourth-order valence-electron chi connectivity index (χ4n) is 3.64. The van der Waals surface area contributed by atoms with Crippen molar-refractivity contribution in [3.05, 3.63) is 53.6 Å². The van der Waals surface area contributed by atoms with Gasteiger partial charge in [-0.2, -0.15) is 0 Å². The summed E-state index contributed by atoms with van der Waals surface area (Å²) in [6.45, 7) is 7.68. The molecule has 0 aliphatic carbocycles. The summed E-state index contributed by atoms with van der Waals surface area (Å²) in [5.41, 5.74) is 1.35. The number of carbonyl (C=O) groups is 2. The molecule has 2 unspecified atom stereocenters. The maximum Gasteiger partial charge on any atom is 0.262 e. The maximum atomic E-state index is 13.2. The fraction of sp³-hybridized carbons (Fsp3) is 0.364. The number of sulfonamides is 1. The molecule has 1 heterocycles. The number of benzene rings is 2. The van der Waals surface area contributed by atoms with Crippen molar-refractivity contribution in [2.45, 2.75) is 44.8 Å². The molecule has 0 bridgehead atoms. The summed E-state index contributed by atoms with van der Waals surface area (Å²) >= 11 is 0. The number of carbonyl (C=O) groups excluding carboxylic acids is 2. The summed E-state index contributed by atoms with van der Waals surface area (Å²) in [5, 5.41) is 2.59. The molecule has 2 N–H and O–H groups in total. The average molecular weight is 446 g/mol. The van der Waals surface area contributed by atoms with Crippen LogP contribution in [0.4, 0.5) is 11.4 Å². The van der Waals surface area contributed by atoms with Gasteiger partial charge in [-0.15, -0.1) is 0 Å². The molecule has 31 heavy (non-hydrogen) atoms. The van der Waals surface area contributed by atoms with Crippen molar-refractivity contribution >= 4 is 33.2 Å². The zero-order valence-corrected chi connectivity index (χ0v) is 18.8. The first-order valence-corrected chi connectivity index (χ1v) is 11.5. The van der Waals surface area contributed by atoms with Gasteiger partial charge >= 0.3 is 0 Å². The molecule has 0 aromatic heterocycles. The van der Waals surface area contributed by atoms with E-state index in [1.807, 2.05) is 13.8 Å². The normalized spacial score (nSPS) is 19.0. The largest absolute Gasteiger partial charge is 0.372 e. The Hall–Kier alpha value is -2.91. The first-order chi connectivity index (χ1) is 14.6. The lowest BCUT2D eigenvalue weighted by Gasteiger charge is -2.35. The fourth-order valence-corrected chi connectivity index (χ4v) is 4.99. The van der Waals surface area contributed by atoms with Crippen molar-refractivity contribution < 1.29 is 22.7 Å². The highest BCUT2D eigenvalue weighted by atomic mass is 32.2. The monoisotopic (exact) mass is 445 g/mol. The van der Waals surface area contributed by atoms with E-state index in [2.05, 4.69) is 10.0 Å². The highest BCUT2D eigenvalue weighted by Gasteiger charge is 2.29. The number of morpholine rings is 1. The summed E-state index contributed by atoms with van der Waals surface area (Å²) in [6, 6.07) is 11.2. The number of ether oxygens (including phenoxy) is 1. The zero-order chi connectivity index (χ0) is 22.8. The Morgan fingerprint density at radius 3 is 2.35 bits per heavy atom. The van der Waals surface area contributed by atoms with E-state index in [0.29, 0.717) is 24.3 Å². The Kier molecular flexibility index (Phi) is 6.66. The minimum atomic E-state index is -4.01. The van der Waals surface area contributed by atoms with Crippen LogP contribution in [0.5, 0.6) is 0 Å². The minimum absolute atomic E-state index is 0.0228. The van der Waals surface area contributed by atoms with Crippen molar-refractivity contribution in [3.8, 4) is 0 Å². The van der Waals surface area contributed by atoms with Crippen LogP contribution in [0.2, 0.25) is 0 Å². The van der Waals surface area contributed by atoms with Crippen molar-refractivity contribution in [3.63, 3.8) is 0 Å². The Morgan fingerprint density at radius 2 is 1.71 bits per heavy atom. The summed E-state index contributed by atoms with van der Waals surface area (Å²) in [4.78, 5) is 26.2. The molecule has 9 heteroatoms. The van der Waals surface area contributed by atoms with Crippen LogP contribution in [-0.2, 0) is 19.6 Å². The summed E-state index contributed by atoms with van der Waals surface area (Å²) in [5.74, 6) is -0.561. The number of para-hydroxylation sites is 1. The molecule has 2 atom stereocenters. The third kappa shape index (κ3) is 5.42. The second kappa shape index (κ2) is 9.07. The van der Waals surface area contributed by atoms with Crippen LogP contribution < -0.4 is 10.0 Å². The van der Waals surface area contributed by atoms with Gasteiger partial charge in [-0.05, 0) is 50.6 Å². The standard InChI is InChI=1S/C22H27N3O5S/c1-14-9-10-18(23-17(4)26)11-21(14)31(28,29)24-20-8-6-5-7-19(20)22(27)25-12-15(2)30-16(3)13-25/h5-11,15-16,24H,12-13H2,1-4H3,(H,23,26). The Labute approximate surface area is 182 Å². The lowest BCUT2D eigenvalue weighted by Crippen LogP contribution is -2.48. The van der Waals surface area contributed by atoms with Crippen LogP contribution in [0, 0.1) is 6.92 Å². The van der Waals surface area contributed by atoms with Gasteiger partial charge in [-0.1, -0.05) is 18.2 Å². The number of nitrogens with one attached hydrogen (secondary N) is 2. The first kappa shape index (κ1) is 22.8. The molecule has 1 aliphatic rings. The summed E-state index contributed by atoms with van der Waals surface area (Å²) < 4.78 is 34.5. The molecule has 8 nitrogen and oxygen atoms in total. The van der Waals surface area contributed by atoms with Gasteiger partial charge in [-0.3, -0.25) is 14.3 Å². The third-order valence-corrected chi connectivity index (χ3v) is 6.41. The SMILES string of the molecule is CC(=O)Nc1ccc(C)c(S(=O)(=O)Nc2ccccc2C(=O)N2CC(C)OC(C)C2)c1. The average Bonchev–Trinajstić information content (AvgIpc) is 2.68. The topological polar surface area (TPSA) is 105 Å². The van der Waals surface area contributed by atoms with Gasteiger partial charge in [0.25, 0.3) is 15.9 Å². The van der Waals surface area contributed by atoms with E-state index in [0.717, 1.165) is 0 Å². The number of amides is 2.